The fraction of sp³-hybridized carbons (Fsp3) is 0.333. The Bertz CT molecular complexity index is 304. The van der Waals surface area contributed by atoms with Crippen molar-refractivity contribution < 1.29 is 8.85 Å². The zero-order chi connectivity index (χ0) is 11.1. The summed E-state index contributed by atoms with van der Waals surface area (Å²) in [6.07, 6.45) is 3.94. The standard InChI is InChI=1S/C12H18O2Si/c1-10(2)14-15-13-9-8-12-6-4-11(3)5-7-12/h4-10H,15H2,1-3H3. The molecule has 0 saturated heterocycles. The van der Waals surface area contributed by atoms with Crippen LogP contribution >= 0.6 is 0 Å². The summed E-state index contributed by atoms with van der Waals surface area (Å²) < 4.78 is 10.7. The smallest absolute Gasteiger partial charge is 0.365 e. The van der Waals surface area contributed by atoms with E-state index in [2.05, 4.69) is 31.2 Å². The molecule has 2 nitrogen and oxygen atoms in total. The lowest BCUT2D eigenvalue weighted by Crippen LogP contribution is -2.08. The molecule has 0 aromatic heterocycles. The first-order valence-electron chi connectivity index (χ1n) is 5.15. The molecule has 0 spiro atoms. The second kappa shape index (κ2) is 6.43. The molecule has 0 aliphatic carbocycles. The van der Waals surface area contributed by atoms with Gasteiger partial charge in [-0.2, -0.15) is 0 Å². The van der Waals surface area contributed by atoms with Crippen molar-refractivity contribution in [2.45, 2.75) is 26.9 Å². The van der Waals surface area contributed by atoms with Crippen molar-refractivity contribution in [3.63, 3.8) is 0 Å². The third-order valence-corrected chi connectivity index (χ3v) is 3.03. The van der Waals surface area contributed by atoms with Crippen LogP contribution in [0.25, 0.3) is 6.08 Å². The van der Waals surface area contributed by atoms with Crippen LogP contribution in [0, 0.1) is 6.92 Å². The van der Waals surface area contributed by atoms with Crippen molar-refractivity contribution in [2.24, 2.45) is 0 Å². The third-order valence-electron chi connectivity index (χ3n) is 1.90. The average molecular weight is 222 g/mol. The summed E-state index contributed by atoms with van der Waals surface area (Å²) in [7, 11) is -0.847. The Hall–Kier alpha value is -1.06. The highest BCUT2D eigenvalue weighted by Crippen LogP contribution is 2.04. The topological polar surface area (TPSA) is 18.5 Å². The lowest BCUT2D eigenvalue weighted by atomic mass is 10.1. The molecule has 0 aliphatic heterocycles. The molecule has 0 aliphatic rings. The van der Waals surface area contributed by atoms with Crippen LogP contribution in [0.5, 0.6) is 0 Å². The van der Waals surface area contributed by atoms with Gasteiger partial charge < -0.3 is 8.85 Å². The molecule has 0 saturated carbocycles. The van der Waals surface area contributed by atoms with Gasteiger partial charge in [0.25, 0.3) is 0 Å². The second-order valence-corrected chi connectivity index (χ2v) is 4.62. The maximum absolute atomic E-state index is 5.36. The number of aryl methyl sites for hydroxylation is 1. The Morgan fingerprint density at radius 3 is 2.47 bits per heavy atom. The van der Waals surface area contributed by atoms with Crippen LogP contribution in [0.1, 0.15) is 25.0 Å². The maximum atomic E-state index is 5.36. The van der Waals surface area contributed by atoms with E-state index < -0.39 is 10.0 Å². The Balaban J connectivity index is 2.29. The van der Waals surface area contributed by atoms with Crippen LogP contribution < -0.4 is 0 Å². The molecule has 0 radical (unpaired) electrons. The highest BCUT2D eigenvalue weighted by Gasteiger charge is 1.91. The first-order valence-corrected chi connectivity index (χ1v) is 6.30. The molecule has 1 aromatic carbocycles. The van der Waals surface area contributed by atoms with E-state index in [1.807, 2.05) is 19.9 Å². The van der Waals surface area contributed by atoms with Crippen molar-refractivity contribution in [1.29, 1.82) is 0 Å². The minimum atomic E-state index is -0.847. The van der Waals surface area contributed by atoms with Gasteiger partial charge in [0, 0.05) is 6.10 Å². The third kappa shape index (κ3) is 5.39. The first-order chi connectivity index (χ1) is 7.18. The SMILES string of the molecule is Cc1ccc(C=CO[SiH2]OC(C)C)cc1. The van der Waals surface area contributed by atoms with Gasteiger partial charge in [0.15, 0.2) is 0 Å². The first kappa shape index (κ1) is 12.0. The summed E-state index contributed by atoms with van der Waals surface area (Å²) in [6, 6.07) is 8.31. The van der Waals surface area contributed by atoms with Gasteiger partial charge in [0.05, 0.1) is 6.26 Å². The number of benzene rings is 1. The fourth-order valence-corrected chi connectivity index (χ4v) is 1.54. The largest absolute Gasteiger partial charge is 0.531 e. The van der Waals surface area contributed by atoms with E-state index in [-0.39, 0.29) is 6.10 Å². The Morgan fingerprint density at radius 1 is 1.20 bits per heavy atom. The molecule has 0 unspecified atom stereocenters. The lowest BCUT2D eigenvalue weighted by Gasteiger charge is -2.05. The average Bonchev–Trinajstić information content (AvgIpc) is 2.20. The van der Waals surface area contributed by atoms with Crippen LogP contribution in [-0.2, 0) is 8.85 Å². The Kier molecular flexibility index (Phi) is 5.14. The van der Waals surface area contributed by atoms with Crippen LogP contribution in [0.3, 0.4) is 0 Å². The highest BCUT2D eigenvalue weighted by molar-refractivity contribution is 6.18. The Morgan fingerprint density at radius 2 is 1.87 bits per heavy atom. The van der Waals surface area contributed by atoms with E-state index in [0.717, 1.165) is 5.56 Å². The molecule has 0 heterocycles. The minimum absolute atomic E-state index is 0.268. The summed E-state index contributed by atoms with van der Waals surface area (Å²) in [6.45, 7) is 6.10. The molecule has 3 heteroatoms. The molecule has 0 atom stereocenters. The summed E-state index contributed by atoms with van der Waals surface area (Å²) in [5, 5.41) is 0. The molecule has 0 N–H and O–H groups in total. The molecule has 15 heavy (non-hydrogen) atoms. The van der Waals surface area contributed by atoms with Crippen molar-refractivity contribution >= 4 is 16.1 Å². The quantitative estimate of drug-likeness (QED) is 0.433. The van der Waals surface area contributed by atoms with Crippen LogP contribution in [0.15, 0.2) is 30.5 Å². The zero-order valence-corrected chi connectivity index (χ0v) is 11.0. The summed E-state index contributed by atoms with van der Waals surface area (Å²) in [5.41, 5.74) is 2.42. The predicted molar refractivity (Wildman–Crippen MR) is 66.1 cm³/mol. The lowest BCUT2D eigenvalue weighted by molar-refractivity contribution is 0.212. The van der Waals surface area contributed by atoms with Crippen LogP contribution in [-0.4, -0.2) is 16.1 Å². The van der Waals surface area contributed by atoms with E-state index in [9.17, 15) is 0 Å². The van der Waals surface area contributed by atoms with Gasteiger partial charge in [0.2, 0.25) is 0 Å². The van der Waals surface area contributed by atoms with Gasteiger partial charge in [-0.15, -0.1) is 0 Å². The van der Waals surface area contributed by atoms with E-state index in [1.165, 1.54) is 5.56 Å². The van der Waals surface area contributed by atoms with Gasteiger partial charge in [-0.1, -0.05) is 29.8 Å². The molecule has 1 aromatic rings. The molecule has 0 fully saturated rings. The van der Waals surface area contributed by atoms with Crippen LogP contribution in [0.4, 0.5) is 0 Å². The zero-order valence-electron chi connectivity index (χ0n) is 9.57. The number of hydrogen-bond donors (Lipinski definition) is 0. The Labute approximate surface area is 94.0 Å². The van der Waals surface area contributed by atoms with Crippen molar-refractivity contribution in [3.8, 4) is 0 Å². The summed E-state index contributed by atoms with van der Waals surface area (Å²) in [4.78, 5) is 0. The van der Waals surface area contributed by atoms with Gasteiger partial charge in [-0.3, -0.25) is 0 Å². The minimum Gasteiger partial charge on any atom is -0.531 e. The monoisotopic (exact) mass is 222 g/mol. The predicted octanol–water partition coefficient (Wildman–Crippen LogP) is 2.41. The summed E-state index contributed by atoms with van der Waals surface area (Å²) in [5.74, 6) is 0. The van der Waals surface area contributed by atoms with E-state index in [0.29, 0.717) is 0 Å². The van der Waals surface area contributed by atoms with Gasteiger partial charge in [-0.05, 0) is 32.4 Å². The van der Waals surface area contributed by atoms with Crippen molar-refractivity contribution in [3.05, 3.63) is 41.7 Å². The van der Waals surface area contributed by atoms with Gasteiger partial charge >= 0.3 is 10.0 Å². The summed E-state index contributed by atoms with van der Waals surface area (Å²) >= 11 is 0. The van der Waals surface area contributed by atoms with Crippen LogP contribution in [0.2, 0.25) is 0 Å². The van der Waals surface area contributed by atoms with Crippen molar-refractivity contribution in [2.75, 3.05) is 0 Å². The number of hydrogen-bond acceptors (Lipinski definition) is 2. The van der Waals surface area contributed by atoms with E-state index >= 15 is 0 Å². The normalized spacial score (nSPS) is 12.0. The molecule has 0 bridgehead atoms. The highest BCUT2D eigenvalue weighted by atomic mass is 28.3. The van der Waals surface area contributed by atoms with Gasteiger partial charge in [-0.25, -0.2) is 0 Å². The van der Waals surface area contributed by atoms with E-state index in [4.69, 9.17) is 8.85 Å². The second-order valence-electron chi connectivity index (χ2n) is 3.71. The maximum Gasteiger partial charge on any atom is 0.365 e. The molecule has 82 valence electrons. The molecular formula is C12H18O2Si. The fourth-order valence-electron chi connectivity index (χ4n) is 1.02. The van der Waals surface area contributed by atoms with E-state index in [1.54, 1.807) is 6.26 Å². The molecule has 1 rings (SSSR count). The van der Waals surface area contributed by atoms with Crippen molar-refractivity contribution in [1.82, 2.24) is 0 Å². The molecule has 0 amide bonds. The molecular weight excluding hydrogens is 204 g/mol. The number of rotatable bonds is 5. The van der Waals surface area contributed by atoms with Gasteiger partial charge in [0.1, 0.15) is 0 Å².